The molecule has 0 spiro atoms. The second kappa shape index (κ2) is 11.8. The van der Waals surface area contributed by atoms with Crippen molar-refractivity contribution in [3.8, 4) is 17.2 Å². The number of aliphatic hydroxyl groups is 2. The summed E-state index contributed by atoms with van der Waals surface area (Å²) in [6.45, 7) is 3.52. The summed E-state index contributed by atoms with van der Waals surface area (Å²) in [5, 5.41) is 32.1. The molecular weight excluding hydrogens is 500 g/mol. The molecule has 0 unspecified atom stereocenters. The number of halogens is 1. The number of aryl methyl sites for hydroxylation is 1. The first-order valence-corrected chi connectivity index (χ1v) is 12.2. The number of pyridine rings is 2. The minimum Gasteiger partial charge on any atom is -0.392 e. The van der Waals surface area contributed by atoms with Gasteiger partial charge in [-0.1, -0.05) is 41.9 Å². The van der Waals surface area contributed by atoms with Gasteiger partial charge >= 0.3 is 0 Å². The van der Waals surface area contributed by atoms with Crippen LogP contribution in [0.25, 0.3) is 23.3 Å². The summed E-state index contributed by atoms with van der Waals surface area (Å²) >= 11 is 6.39. The van der Waals surface area contributed by atoms with Gasteiger partial charge in [0.25, 0.3) is 5.91 Å². The molecule has 0 atom stereocenters. The molecule has 2 heterocycles. The molecule has 2 aromatic carbocycles. The van der Waals surface area contributed by atoms with Crippen molar-refractivity contribution < 1.29 is 15.0 Å². The van der Waals surface area contributed by atoms with E-state index in [1.807, 2.05) is 32.0 Å². The second-order valence-corrected chi connectivity index (χ2v) is 9.07. The van der Waals surface area contributed by atoms with Crippen molar-refractivity contribution in [2.75, 3.05) is 5.32 Å². The molecule has 7 nitrogen and oxygen atoms in total. The van der Waals surface area contributed by atoms with Gasteiger partial charge in [0.15, 0.2) is 0 Å². The SMILES string of the molecule is Cc1cc(/C=C/c2nccc(-c3cccc(NC(=O)c4ccc(CO)cn4)c3C)c2C#N)c(Cl)cc1CO. The predicted molar refractivity (Wildman–Crippen MR) is 148 cm³/mol. The predicted octanol–water partition coefficient (Wildman–Crippen LogP) is 5.69. The van der Waals surface area contributed by atoms with Crippen molar-refractivity contribution in [2.24, 2.45) is 0 Å². The van der Waals surface area contributed by atoms with Crippen molar-refractivity contribution in [1.29, 1.82) is 5.26 Å². The quantitative estimate of drug-likeness (QED) is 0.285. The van der Waals surface area contributed by atoms with Gasteiger partial charge in [-0.05, 0) is 77.6 Å². The third-order valence-electron chi connectivity index (χ3n) is 6.25. The van der Waals surface area contributed by atoms with Crippen molar-refractivity contribution in [2.45, 2.75) is 27.1 Å². The first-order chi connectivity index (χ1) is 18.4. The Kier molecular flexibility index (Phi) is 8.29. The van der Waals surface area contributed by atoms with E-state index < -0.39 is 0 Å². The van der Waals surface area contributed by atoms with E-state index in [9.17, 15) is 20.3 Å². The molecule has 0 bridgehead atoms. The zero-order valence-electron chi connectivity index (χ0n) is 20.9. The van der Waals surface area contributed by atoms with E-state index in [4.69, 9.17) is 11.6 Å². The number of hydrogen-bond acceptors (Lipinski definition) is 6. The molecule has 0 fully saturated rings. The first kappa shape index (κ1) is 26.7. The van der Waals surface area contributed by atoms with Crippen LogP contribution < -0.4 is 5.32 Å². The highest BCUT2D eigenvalue weighted by molar-refractivity contribution is 6.32. The van der Waals surface area contributed by atoms with Gasteiger partial charge in [0, 0.05) is 28.7 Å². The topological polar surface area (TPSA) is 119 Å². The Morgan fingerprint density at radius 1 is 1.05 bits per heavy atom. The molecule has 0 saturated heterocycles. The van der Waals surface area contributed by atoms with Crippen LogP contribution in [0.5, 0.6) is 0 Å². The summed E-state index contributed by atoms with van der Waals surface area (Å²) in [7, 11) is 0. The van der Waals surface area contributed by atoms with Crippen LogP contribution in [0.2, 0.25) is 5.02 Å². The normalized spacial score (nSPS) is 10.9. The highest BCUT2D eigenvalue weighted by Crippen LogP contribution is 2.32. The Labute approximate surface area is 225 Å². The van der Waals surface area contributed by atoms with Gasteiger partial charge in [-0.2, -0.15) is 5.26 Å². The fourth-order valence-electron chi connectivity index (χ4n) is 4.06. The van der Waals surface area contributed by atoms with E-state index in [0.717, 1.165) is 27.8 Å². The van der Waals surface area contributed by atoms with Crippen molar-refractivity contribution in [1.82, 2.24) is 9.97 Å². The first-order valence-electron chi connectivity index (χ1n) is 11.8. The largest absolute Gasteiger partial charge is 0.392 e. The molecule has 190 valence electrons. The number of hydrogen-bond donors (Lipinski definition) is 3. The Balaban J connectivity index is 1.67. The lowest BCUT2D eigenvalue weighted by Gasteiger charge is -2.14. The summed E-state index contributed by atoms with van der Waals surface area (Å²) in [6.07, 6.45) is 6.62. The zero-order chi connectivity index (χ0) is 27.2. The fourth-order valence-corrected chi connectivity index (χ4v) is 4.31. The molecule has 4 aromatic rings. The monoisotopic (exact) mass is 524 g/mol. The zero-order valence-corrected chi connectivity index (χ0v) is 21.6. The van der Waals surface area contributed by atoms with E-state index >= 15 is 0 Å². The number of aromatic nitrogens is 2. The van der Waals surface area contributed by atoms with E-state index in [-0.39, 0.29) is 24.8 Å². The Bertz CT molecular complexity index is 1570. The lowest BCUT2D eigenvalue weighted by atomic mass is 9.94. The number of nitriles is 1. The lowest BCUT2D eigenvalue weighted by molar-refractivity contribution is 0.102. The molecule has 1 amide bonds. The van der Waals surface area contributed by atoms with E-state index in [1.165, 1.54) is 6.20 Å². The molecule has 4 rings (SSSR count). The summed E-state index contributed by atoms with van der Waals surface area (Å²) in [4.78, 5) is 21.3. The van der Waals surface area contributed by atoms with E-state index in [0.29, 0.717) is 33.1 Å². The standard InChI is InChI=1S/C30H25ClN4O3/c1-18-12-21(26(31)13-22(18)17-37)7-9-28-25(14-32)24(10-11-33-28)23-4-3-5-27(19(23)2)35-30(38)29-8-6-20(16-36)15-34-29/h3-13,15,36-37H,16-17H2,1-2H3,(H,35,38)/b9-7+. The molecule has 0 radical (unpaired) electrons. The van der Waals surface area contributed by atoms with Gasteiger partial charge in [-0.3, -0.25) is 14.8 Å². The molecule has 0 saturated carbocycles. The highest BCUT2D eigenvalue weighted by Gasteiger charge is 2.16. The number of aliphatic hydroxyl groups excluding tert-OH is 2. The number of nitrogens with zero attached hydrogens (tertiary/aromatic N) is 3. The second-order valence-electron chi connectivity index (χ2n) is 8.66. The van der Waals surface area contributed by atoms with Gasteiger partial charge < -0.3 is 15.5 Å². The smallest absolute Gasteiger partial charge is 0.274 e. The number of rotatable bonds is 7. The van der Waals surface area contributed by atoms with Gasteiger partial charge in [0.05, 0.1) is 24.5 Å². The summed E-state index contributed by atoms with van der Waals surface area (Å²) in [6, 6.07) is 16.3. The van der Waals surface area contributed by atoms with Crippen LogP contribution >= 0.6 is 11.6 Å². The minimum absolute atomic E-state index is 0.0941. The maximum Gasteiger partial charge on any atom is 0.274 e. The lowest BCUT2D eigenvalue weighted by Crippen LogP contribution is -2.14. The molecular formula is C30H25ClN4O3. The number of anilines is 1. The third kappa shape index (κ3) is 5.63. The molecule has 3 N–H and O–H groups in total. The molecule has 8 heteroatoms. The van der Waals surface area contributed by atoms with Crippen LogP contribution in [0.4, 0.5) is 5.69 Å². The Morgan fingerprint density at radius 2 is 1.87 bits per heavy atom. The summed E-state index contributed by atoms with van der Waals surface area (Å²) < 4.78 is 0. The molecule has 0 aliphatic heterocycles. The molecule has 0 aliphatic rings. The number of amides is 1. The van der Waals surface area contributed by atoms with Crippen LogP contribution in [-0.2, 0) is 13.2 Å². The molecule has 0 aliphatic carbocycles. The van der Waals surface area contributed by atoms with Crippen LogP contribution in [0.15, 0.2) is 60.9 Å². The van der Waals surface area contributed by atoms with Crippen molar-refractivity contribution in [3.63, 3.8) is 0 Å². The van der Waals surface area contributed by atoms with Crippen LogP contribution in [0, 0.1) is 25.2 Å². The van der Waals surface area contributed by atoms with Crippen LogP contribution in [-0.4, -0.2) is 26.1 Å². The van der Waals surface area contributed by atoms with Gasteiger partial charge in [-0.15, -0.1) is 0 Å². The van der Waals surface area contributed by atoms with Crippen LogP contribution in [0.1, 0.15) is 49.6 Å². The van der Waals surface area contributed by atoms with Gasteiger partial charge in [-0.25, -0.2) is 0 Å². The average molecular weight is 525 g/mol. The summed E-state index contributed by atoms with van der Waals surface area (Å²) in [5.74, 6) is -0.381. The number of carbonyl (C=O) groups is 1. The number of nitrogens with one attached hydrogen (secondary N) is 1. The minimum atomic E-state index is -0.381. The maximum atomic E-state index is 12.8. The maximum absolute atomic E-state index is 12.8. The Morgan fingerprint density at radius 3 is 2.55 bits per heavy atom. The number of carbonyl (C=O) groups excluding carboxylic acids is 1. The van der Waals surface area contributed by atoms with Gasteiger partial charge in [0.2, 0.25) is 0 Å². The molecule has 38 heavy (non-hydrogen) atoms. The van der Waals surface area contributed by atoms with E-state index in [1.54, 1.807) is 48.7 Å². The van der Waals surface area contributed by atoms with Crippen molar-refractivity contribution in [3.05, 3.63) is 111 Å². The Hall–Kier alpha value is -4.35. The van der Waals surface area contributed by atoms with Gasteiger partial charge in [0.1, 0.15) is 11.8 Å². The highest BCUT2D eigenvalue weighted by atomic mass is 35.5. The molecule has 2 aromatic heterocycles. The van der Waals surface area contributed by atoms with Crippen molar-refractivity contribution >= 4 is 35.3 Å². The number of benzene rings is 2. The van der Waals surface area contributed by atoms with E-state index in [2.05, 4.69) is 21.4 Å². The van der Waals surface area contributed by atoms with Crippen LogP contribution in [0.3, 0.4) is 0 Å². The third-order valence-corrected chi connectivity index (χ3v) is 6.58. The summed E-state index contributed by atoms with van der Waals surface area (Å²) in [5.41, 5.74) is 6.95. The fraction of sp³-hybridized carbons (Fsp3) is 0.133. The average Bonchev–Trinajstić information content (AvgIpc) is 2.94.